The number of amides is 2. The van der Waals surface area contributed by atoms with Crippen molar-refractivity contribution < 1.29 is 23.0 Å². The molecular formula is C30H33F2N3O3. The quantitative estimate of drug-likeness (QED) is 0.408. The number of nitrogens with one attached hydrogen (secondary N) is 2. The summed E-state index contributed by atoms with van der Waals surface area (Å²) in [5, 5.41) is 5.71. The molecule has 1 aliphatic heterocycles. The number of nitrogens with zero attached hydrogens (tertiary/aromatic N) is 1. The van der Waals surface area contributed by atoms with Gasteiger partial charge in [-0.2, -0.15) is 0 Å². The van der Waals surface area contributed by atoms with Crippen LogP contribution < -0.4 is 20.1 Å². The SMILES string of the molecule is COc1ccc([C@@]23CC[C@@H](NC(=O)Nc4ccc(F)c(F)c4)C[C@@H]2N(Cc2ccccc2)CC3)cc1OC. The lowest BCUT2D eigenvalue weighted by Crippen LogP contribution is -2.52. The minimum atomic E-state index is -0.998. The second kappa shape index (κ2) is 11.0. The van der Waals surface area contributed by atoms with Gasteiger partial charge in [-0.05, 0) is 67.6 Å². The lowest BCUT2D eigenvalue weighted by Gasteiger charge is -2.45. The van der Waals surface area contributed by atoms with E-state index in [0.29, 0.717) is 11.5 Å². The normalized spacial score (nSPS) is 22.9. The molecule has 0 radical (unpaired) electrons. The highest BCUT2D eigenvalue weighted by molar-refractivity contribution is 5.89. The first kappa shape index (κ1) is 26.0. The number of fused-ring (bicyclic) bond motifs is 1. The lowest BCUT2D eigenvalue weighted by atomic mass is 9.65. The predicted octanol–water partition coefficient (Wildman–Crippen LogP) is 5.87. The molecule has 0 aromatic heterocycles. The number of benzene rings is 3. The number of urea groups is 1. The van der Waals surface area contributed by atoms with Crippen LogP contribution in [0, 0.1) is 11.6 Å². The fourth-order valence-corrected chi connectivity index (χ4v) is 6.19. The van der Waals surface area contributed by atoms with Crippen molar-refractivity contribution in [1.82, 2.24) is 10.2 Å². The molecule has 3 atom stereocenters. The van der Waals surface area contributed by atoms with E-state index in [0.717, 1.165) is 50.9 Å². The van der Waals surface area contributed by atoms with E-state index in [4.69, 9.17) is 9.47 Å². The van der Waals surface area contributed by atoms with Crippen LogP contribution in [0.1, 0.15) is 36.8 Å². The summed E-state index contributed by atoms with van der Waals surface area (Å²) >= 11 is 0. The molecule has 2 N–H and O–H groups in total. The van der Waals surface area contributed by atoms with Crippen molar-refractivity contribution in [3.63, 3.8) is 0 Å². The summed E-state index contributed by atoms with van der Waals surface area (Å²) in [6, 6.07) is 19.7. The molecule has 1 aliphatic carbocycles. The lowest BCUT2D eigenvalue weighted by molar-refractivity contribution is 0.131. The zero-order valence-electron chi connectivity index (χ0n) is 21.7. The minimum Gasteiger partial charge on any atom is -0.493 e. The van der Waals surface area contributed by atoms with E-state index in [1.807, 2.05) is 12.1 Å². The zero-order chi connectivity index (χ0) is 26.7. The number of ether oxygens (including phenoxy) is 2. The van der Waals surface area contributed by atoms with Crippen molar-refractivity contribution in [3.8, 4) is 11.5 Å². The van der Waals surface area contributed by atoms with Gasteiger partial charge >= 0.3 is 6.03 Å². The molecule has 38 heavy (non-hydrogen) atoms. The topological polar surface area (TPSA) is 62.8 Å². The number of anilines is 1. The number of rotatable bonds is 7. The van der Waals surface area contributed by atoms with Gasteiger partial charge in [0.25, 0.3) is 0 Å². The van der Waals surface area contributed by atoms with Gasteiger partial charge in [-0.25, -0.2) is 13.6 Å². The van der Waals surface area contributed by atoms with E-state index in [-0.39, 0.29) is 23.2 Å². The zero-order valence-corrected chi connectivity index (χ0v) is 21.7. The van der Waals surface area contributed by atoms with Crippen LogP contribution in [0.3, 0.4) is 0 Å². The van der Waals surface area contributed by atoms with Crippen LogP contribution in [0.4, 0.5) is 19.3 Å². The Hall–Kier alpha value is -3.65. The van der Waals surface area contributed by atoms with Crippen molar-refractivity contribution >= 4 is 11.7 Å². The highest BCUT2D eigenvalue weighted by atomic mass is 19.2. The van der Waals surface area contributed by atoms with Crippen molar-refractivity contribution in [2.75, 3.05) is 26.1 Å². The Morgan fingerprint density at radius 1 is 0.974 bits per heavy atom. The number of hydrogen-bond acceptors (Lipinski definition) is 4. The van der Waals surface area contributed by atoms with Gasteiger partial charge < -0.3 is 20.1 Å². The third-order valence-corrected chi connectivity index (χ3v) is 8.07. The fraction of sp³-hybridized carbons (Fsp3) is 0.367. The van der Waals surface area contributed by atoms with Gasteiger partial charge in [-0.15, -0.1) is 0 Å². The fourth-order valence-electron chi connectivity index (χ4n) is 6.19. The Morgan fingerprint density at radius 2 is 1.76 bits per heavy atom. The number of hydrogen-bond donors (Lipinski definition) is 2. The minimum absolute atomic E-state index is 0.0602. The average molecular weight is 522 g/mol. The molecule has 2 fully saturated rings. The number of methoxy groups -OCH3 is 2. The summed E-state index contributed by atoms with van der Waals surface area (Å²) in [7, 11) is 3.29. The van der Waals surface area contributed by atoms with Crippen molar-refractivity contribution in [2.24, 2.45) is 0 Å². The number of likely N-dealkylation sites (tertiary alicyclic amines) is 1. The third kappa shape index (κ3) is 5.18. The molecule has 200 valence electrons. The van der Waals surface area contributed by atoms with E-state index in [9.17, 15) is 13.6 Å². The Bertz CT molecular complexity index is 1290. The standard InChI is InChI=1S/C30H33F2N3O3/c1-37-26-11-8-21(16-27(26)38-2)30-13-12-23(34-29(36)33-22-9-10-24(31)25(32)17-22)18-28(30)35(15-14-30)19-20-6-4-3-5-7-20/h3-11,16-17,23,28H,12-15,18-19H2,1-2H3,(H2,33,34,36)/t23-,28+,30+/m1/s1. The predicted molar refractivity (Wildman–Crippen MR) is 143 cm³/mol. The summed E-state index contributed by atoms with van der Waals surface area (Å²) in [6.07, 6.45) is 3.48. The molecule has 0 unspecified atom stereocenters. The molecule has 1 heterocycles. The first-order valence-corrected chi connectivity index (χ1v) is 12.9. The molecule has 1 saturated heterocycles. The molecule has 8 heteroatoms. The maximum Gasteiger partial charge on any atom is 0.319 e. The van der Waals surface area contributed by atoms with Gasteiger partial charge in [0.1, 0.15) is 0 Å². The molecule has 2 amide bonds. The van der Waals surface area contributed by atoms with E-state index < -0.39 is 17.7 Å². The van der Waals surface area contributed by atoms with Crippen molar-refractivity contribution in [2.45, 2.75) is 49.7 Å². The Balaban J connectivity index is 1.37. The van der Waals surface area contributed by atoms with Crippen molar-refractivity contribution in [1.29, 1.82) is 0 Å². The average Bonchev–Trinajstić information content (AvgIpc) is 3.29. The van der Waals surface area contributed by atoms with Crippen molar-refractivity contribution in [3.05, 3.63) is 89.5 Å². The van der Waals surface area contributed by atoms with Gasteiger partial charge in [-0.3, -0.25) is 4.90 Å². The Kier molecular flexibility index (Phi) is 7.51. The molecular weight excluding hydrogens is 488 g/mol. The van der Waals surface area contributed by atoms with Gasteiger partial charge in [0, 0.05) is 35.8 Å². The summed E-state index contributed by atoms with van der Waals surface area (Å²) in [5.41, 5.74) is 2.61. The van der Waals surface area contributed by atoms with Crippen LogP contribution in [-0.2, 0) is 12.0 Å². The largest absolute Gasteiger partial charge is 0.493 e. The highest BCUT2D eigenvalue weighted by Gasteiger charge is 2.51. The summed E-state index contributed by atoms with van der Waals surface area (Å²) in [5.74, 6) is -0.532. The Morgan fingerprint density at radius 3 is 2.50 bits per heavy atom. The van der Waals surface area contributed by atoms with Crippen LogP contribution in [0.2, 0.25) is 0 Å². The highest BCUT2D eigenvalue weighted by Crippen LogP contribution is 2.50. The first-order valence-electron chi connectivity index (χ1n) is 12.9. The Labute approximate surface area is 221 Å². The van der Waals surface area contributed by atoms with Crippen LogP contribution in [-0.4, -0.2) is 43.8 Å². The summed E-state index contributed by atoms with van der Waals surface area (Å²) in [4.78, 5) is 15.3. The number of carbonyl (C=O) groups excluding carboxylic acids is 1. The van der Waals surface area contributed by atoms with E-state index in [2.05, 4.69) is 51.9 Å². The van der Waals surface area contributed by atoms with Crippen LogP contribution in [0.25, 0.3) is 0 Å². The molecule has 0 bridgehead atoms. The number of carbonyl (C=O) groups is 1. The molecule has 5 rings (SSSR count). The first-order chi connectivity index (χ1) is 18.4. The van der Waals surface area contributed by atoms with E-state index >= 15 is 0 Å². The van der Waals surface area contributed by atoms with Crippen LogP contribution in [0.15, 0.2) is 66.7 Å². The molecule has 0 spiro atoms. The smallest absolute Gasteiger partial charge is 0.319 e. The second-order valence-electron chi connectivity index (χ2n) is 10.1. The summed E-state index contributed by atoms with van der Waals surface area (Å²) in [6.45, 7) is 1.77. The number of halogens is 2. The molecule has 6 nitrogen and oxygen atoms in total. The molecule has 3 aromatic rings. The summed E-state index contributed by atoms with van der Waals surface area (Å²) < 4.78 is 38.0. The molecule has 2 aliphatic rings. The van der Waals surface area contributed by atoms with E-state index in [1.165, 1.54) is 17.2 Å². The second-order valence-corrected chi connectivity index (χ2v) is 10.1. The molecule has 3 aromatic carbocycles. The molecule has 1 saturated carbocycles. The van der Waals surface area contributed by atoms with Gasteiger partial charge in [0.15, 0.2) is 23.1 Å². The monoisotopic (exact) mass is 521 g/mol. The maximum absolute atomic E-state index is 13.6. The van der Waals surface area contributed by atoms with Gasteiger partial charge in [0.05, 0.1) is 14.2 Å². The van der Waals surface area contributed by atoms with Crippen LogP contribution in [0.5, 0.6) is 11.5 Å². The van der Waals surface area contributed by atoms with Gasteiger partial charge in [-0.1, -0.05) is 36.4 Å². The maximum atomic E-state index is 13.6. The van der Waals surface area contributed by atoms with Crippen LogP contribution >= 0.6 is 0 Å². The van der Waals surface area contributed by atoms with E-state index in [1.54, 1.807) is 14.2 Å². The van der Waals surface area contributed by atoms with Gasteiger partial charge in [0.2, 0.25) is 0 Å². The third-order valence-electron chi connectivity index (χ3n) is 8.07.